The van der Waals surface area contributed by atoms with Crippen LogP contribution in [0.3, 0.4) is 0 Å². The van der Waals surface area contributed by atoms with Gasteiger partial charge in [-0.25, -0.2) is 0 Å². The number of nitrogens with one attached hydrogen (secondary N) is 1. The number of piperazine rings is 1. The molecule has 0 aromatic heterocycles. The van der Waals surface area contributed by atoms with Crippen molar-refractivity contribution >= 4 is 23.2 Å². The number of hydrogen-bond acceptors (Lipinski definition) is 5. The van der Waals surface area contributed by atoms with Gasteiger partial charge in [0.25, 0.3) is 5.91 Å². The molecule has 0 bridgehead atoms. The second kappa shape index (κ2) is 10.8. The molecule has 0 atom stereocenters. The molecule has 31 heavy (non-hydrogen) atoms. The van der Waals surface area contributed by atoms with Gasteiger partial charge in [-0.2, -0.15) is 0 Å². The van der Waals surface area contributed by atoms with Crippen LogP contribution in [0.4, 0.5) is 11.4 Å². The van der Waals surface area contributed by atoms with Crippen LogP contribution in [0.1, 0.15) is 24.2 Å². The molecular weight excluding hydrogens is 392 g/mol. The number of methoxy groups -OCH3 is 1. The van der Waals surface area contributed by atoms with Gasteiger partial charge in [-0.3, -0.25) is 14.5 Å². The van der Waals surface area contributed by atoms with E-state index in [0.717, 1.165) is 37.6 Å². The lowest BCUT2D eigenvalue weighted by Gasteiger charge is -2.36. The maximum absolute atomic E-state index is 12.5. The normalized spacial score (nSPS) is 14.2. The molecule has 1 N–H and O–H groups in total. The number of hydrogen-bond donors (Lipinski definition) is 1. The minimum absolute atomic E-state index is 0.00999. The average molecular weight is 425 g/mol. The van der Waals surface area contributed by atoms with Crippen molar-refractivity contribution in [3.05, 3.63) is 54.1 Å². The standard InChI is InChI=1S/C24H32N4O3/c1-4-27(5-2)24(30)19-10-12-20(13-11-19)25-23(29)18-26-14-16-28(17-15-26)21-8-6-7-9-22(21)31-3/h6-13H,4-5,14-18H2,1-3H3,(H,25,29). The Morgan fingerprint density at radius 1 is 0.968 bits per heavy atom. The Kier molecular flexibility index (Phi) is 7.89. The maximum Gasteiger partial charge on any atom is 0.253 e. The van der Waals surface area contributed by atoms with Crippen LogP contribution in [0, 0.1) is 0 Å². The third-order valence-corrected chi connectivity index (χ3v) is 5.63. The highest BCUT2D eigenvalue weighted by Gasteiger charge is 2.21. The van der Waals surface area contributed by atoms with Crippen LogP contribution in [0.5, 0.6) is 5.75 Å². The summed E-state index contributed by atoms with van der Waals surface area (Å²) < 4.78 is 5.46. The van der Waals surface area contributed by atoms with Gasteiger partial charge in [0.05, 0.1) is 19.3 Å². The monoisotopic (exact) mass is 424 g/mol. The van der Waals surface area contributed by atoms with E-state index in [2.05, 4.69) is 21.2 Å². The van der Waals surface area contributed by atoms with Crippen LogP contribution in [-0.4, -0.2) is 74.5 Å². The number of rotatable bonds is 8. The van der Waals surface area contributed by atoms with Crippen molar-refractivity contribution in [3.63, 3.8) is 0 Å². The Hall–Kier alpha value is -3.06. The van der Waals surface area contributed by atoms with Crippen molar-refractivity contribution in [1.82, 2.24) is 9.80 Å². The SMILES string of the molecule is CCN(CC)C(=O)c1ccc(NC(=O)CN2CCN(c3ccccc3OC)CC2)cc1. The fraction of sp³-hybridized carbons (Fsp3) is 0.417. The van der Waals surface area contributed by atoms with Crippen molar-refractivity contribution in [2.45, 2.75) is 13.8 Å². The molecule has 0 unspecified atom stereocenters. The number of para-hydroxylation sites is 2. The van der Waals surface area contributed by atoms with E-state index < -0.39 is 0 Å². The van der Waals surface area contributed by atoms with Crippen LogP contribution >= 0.6 is 0 Å². The zero-order valence-electron chi connectivity index (χ0n) is 18.6. The fourth-order valence-corrected chi connectivity index (χ4v) is 3.83. The predicted molar refractivity (Wildman–Crippen MR) is 124 cm³/mol. The lowest BCUT2D eigenvalue weighted by molar-refractivity contribution is -0.117. The quantitative estimate of drug-likeness (QED) is 0.706. The van der Waals surface area contributed by atoms with Gasteiger partial charge in [0.1, 0.15) is 5.75 Å². The second-order valence-corrected chi connectivity index (χ2v) is 7.54. The molecular formula is C24H32N4O3. The van der Waals surface area contributed by atoms with E-state index in [0.29, 0.717) is 30.9 Å². The first-order valence-electron chi connectivity index (χ1n) is 10.8. The number of carbonyl (C=O) groups excluding carboxylic acids is 2. The summed E-state index contributed by atoms with van der Waals surface area (Å²) in [5, 5.41) is 2.93. The second-order valence-electron chi connectivity index (χ2n) is 7.54. The van der Waals surface area contributed by atoms with Crippen molar-refractivity contribution < 1.29 is 14.3 Å². The maximum atomic E-state index is 12.5. The van der Waals surface area contributed by atoms with Crippen LogP contribution in [0.25, 0.3) is 0 Å². The first kappa shape index (κ1) is 22.6. The van der Waals surface area contributed by atoms with E-state index in [4.69, 9.17) is 4.74 Å². The molecule has 3 rings (SSSR count). The molecule has 0 aliphatic carbocycles. The minimum atomic E-state index is -0.0476. The summed E-state index contributed by atoms with van der Waals surface area (Å²) in [6.45, 7) is 8.94. The summed E-state index contributed by atoms with van der Waals surface area (Å²) in [4.78, 5) is 31.1. The summed E-state index contributed by atoms with van der Waals surface area (Å²) in [7, 11) is 1.69. The summed E-state index contributed by atoms with van der Waals surface area (Å²) >= 11 is 0. The molecule has 7 heteroatoms. The zero-order valence-corrected chi connectivity index (χ0v) is 18.6. The Labute approximate surface area is 184 Å². The molecule has 2 aromatic carbocycles. The van der Waals surface area contributed by atoms with Gasteiger partial charge < -0.3 is 19.9 Å². The Morgan fingerprint density at radius 2 is 1.61 bits per heavy atom. The number of nitrogens with zero attached hydrogens (tertiary/aromatic N) is 3. The van der Waals surface area contributed by atoms with E-state index in [-0.39, 0.29) is 11.8 Å². The van der Waals surface area contributed by atoms with Gasteiger partial charge in [0.15, 0.2) is 0 Å². The number of carbonyl (C=O) groups is 2. The molecule has 7 nitrogen and oxygen atoms in total. The first-order chi connectivity index (χ1) is 15.0. The number of benzene rings is 2. The van der Waals surface area contributed by atoms with Gasteiger partial charge >= 0.3 is 0 Å². The van der Waals surface area contributed by atoms with E-state index in [1.807, 2.05) is 32.0 Å². The van der Waals surface area contributed by atoms with E-state index in [1.165, 1.54) is 0 Å². The molecule has 2 amide bonds. The topological polar surface area (TPSA) is 65.1 Å². The molecule has 1 heterocycles. The molecule has 2 aromatic rings. The highest BCUT2D eigenvalue weighted by molar-refractivity contribution is 5.96. The molecule has 1 fully saturated rings. The molecule has 1 saturated heterocycles. The van der Waals surface area contributed by atoms with E-state index in [9.17, 15) is 9.59 Å². The van der Waals surface area contributed by atoms with Crippen LogP contribution in [0.2, 0.25) is 0 Å². The summed E-state index contributed by atoms with van der Waals surface area (Å²) in [6.07, 6.45) is 0. The van der Waals surface area contributed by atoms with Crippen molar-refractivity contribution in [3.8, 4) is 5.75 Å². The van der Waals surface area contributed by atoms with Gasteiger partial charge in [-0.05, 0) is 50.2 Å². The third-order valence-electron chi connectivity index (χ3n) is 5.63. The number of amides is 2. The van der Waals surface area contributed by atoms with Gasteiger partial charge in [-0.1, -0.05) is 12.1 Å². The van der Waals surface area contributed by atoms with Crippen molar-refractivity contribution in [1.29, 1.82) is 0 Å². The van der Waals surface area contributed by atoms with Gasteiger partial charge in [-0.15, -0.1) is 0 Å². The van der Waals surface area contributed by atoms with E-state index in [1.54, 1.807) is 36.3 Å². The Bertz CT molecular complexity index is 873. The highest BCUT2D eigenvalue weighted by atomic mass is 16.5. The van der Waals surface area contributed by atoms with Crippen LogP contribution < -0.4 is 15.0 Å². The fourth-order valence-electron chi connectivity index (χ4n) is 3.83. The van der Waals surface area contributed by atoms with Crippen LogP contribution in [-0.2, 0) is 4.79 Å². The zero-order chi connectivity index (χ0) is 22.2. The molecule has 1 aliphatic rings. The summed E-state index contributed by atoms with van der Waals surface area (Å²) in [5.41, 5.74) is 2.43. The van der Waals surface area contributed by atoms with Crippen LogP contribution in [0.15, 0.2) is 48.5 Å². The minimum Gasteiger partial charge on any atom is -0.495 e. The number of ether oxygens (including phenoxy) is 1. The van der Waals surface area contributed by atoms with Crippen molar-refractivity contribution in [2.24, 2.45) is 0 Å². The highest BCUT2D eigenvalue weighted by Crippen LogP contribution is 2.28. The third kappa shape index (κ3) is 5.76. The average Bonchev–Trinajstić information content (AvgIpc) is 2.80. The molecule has 0 saturated carbocycles. The first-order valence-corrected chi connectivity index (χ1v) is 10.8. The smallest absolute Gasteiger partial charge is 0.253 e. The largest absolute Gasteiger partial charge is 0.495 e. The lowest BCUT2D eigenvalue weighted by atomic mass is 10.1. The van der Waals surface area contributed by atoms with Gasteiger partial charge in [0.2, 0.25) is 5.91 Å². The van der Waals surface area contributed by atoms with Gasteiger partial charge in [0, 0.05) is 50.5 Å². The Balaban J connectivity index is 1.49. The molecule has 0 spiro atoms. The molecule has 1 aliphatic heterocycles. The molecule has 166 valence electrons. The predicted octanol–water partition coefficient (Wildman–Crippen LogP) is 2.94. The lowest BCUT2D eigenvalue weighted by Crippen LogP contribution is -2.48. The molecule has 0 radical (unpaired) electrons. The van der Waals surface area contributed by atoms with E-state index >= 15 is 0 Å². The Morgan fingerprint density at radius 3 is 2.23 bits per heavy atom. The number of anilines is 2. The van der Waals surface area contributed by atoms with Crippen molar-refractivity contribution in [2.75, 3.05) is 63.1 Å². The summed E-state index contributed by atoms with van der Waals surface area (Å²) in [6, 6.07) is 15.1. The summed E-state index contributed by atoms with van der Waals surface area (Å²) in [5.74, 6) is 0.834.